The van der Waals surface area contributed by atoms with Crippen molar-refractivity contribution in [2.75, 3.05) is 31.1 Å². The zero-order valence-corrected chi connectivity index (χ0v) is 26.5. The lowest BCUT2D eigenvalue weighted by Crippen LogP contribution is -2.40. The third-order valence-electron chi connectivity index (χ3n) is 9.08. The van der Waals surface area contributed by atoms with Gasteiger partial charge in [-0.2, -0.15) is 0 Å². The van der Waals surface area contributed by atoms with E-state index in [0.29, 0.717) is 32.2 Å². The highest BCUT2D eigenvalue weighted by molar-refractivity contribution is 5.81. The lowest BCUT2D eigenvalue weighted by atomic mass is 9.93. The summed E-state index contributed by atoms with van der Waals surface area (Å²) in [6, 6.07) is 18.5. The molecule has 6 rings (SSSR count). The number of para-hydroxylation sites is 1. The summed E-state index contributed by atoms with van der Waals surface area (Å²) in [6.45, 7) is 13.3. The summed E-state index contributed by atoms with van der Waals surface area (Å²) in [5, 5.41) is 0. The minimum atomic E-state index is -0.511. The van der Waals surface area contributed by atoms with Gasteiger partial charge in [0.25, 0.3) is 0 Å². The highest BCUT2D eigenvalue weighted by Gasteiger charge is 2.63. The van der Waals surface area contributed by atoms with Gasteiger partial charge in [0.2, 0.25) is 0 Å². The summed E-state index contributed by atoms with van der Waals surface area (Å²) in [7, 11) is 0. The van der Waals surface area contributed by atoms with Crippen LogP contribution in [0.15, 0.2) is 54.6 Å². The molecule has 2 aliphatic heterocycles. The van der Waals surface area contributed by atoms with Gasteiger partial charge in [-0.1, -0.05) is 30.3 Å². The number of ether oxygens (including phenoxy) is 3. The van der Waals surface area contributed by atoms with Gasteiger partial charge >= 0.3 is 12.1 Å². The number of benzene rings is 2. The van der Waals surface area contributed by atoms with Gasteiger partial charge in [-0.05, 0) is 106 Å². The van der Waals surface area contributed by atoms with Crippen molar-refractivity contribution in [2.45, 2.75) is 72.6 Å². The number of rotatable bonds is 7. The molecular weight excluding hydrogens is 554 g/mol. The number of amides is 1. The molecule has 3 heterocycles. The number of aromatic nitrogens is 1. The normalized spacial score (nSPS) is 20.8. The Balaban J connectivity index is 1.13. The number of hydrogen-bond acceptors (Lipinski definition) is 7. The number of aryl methyl sites for hydroxylation is 1. The van der Waals surface area contributed by atoms with E-state index >= 15 is 0 Å². The number of pyridine rings is 1. The van der Waals surface area contributed by atoms with Crippen molar-refractivity contribution in [3.63, 3.8) is 0 Å². The van der Waals surface area contributed by atoms with Gasteiger partial charge in [-0.3, -0.25) is 4.79 Å². The van der Waals surface area contributed by atoms with E-state index in [0.717, 1.165) is 66.3 Å². The Labute approximate surface area is 260 Å². The van der Waals surface area contributed by atoms with Gasteiger partial charge in [0, 0.05) is 31.7 Å². The minimum absolute atomic E-state index is 0.0330. The highest BCUT2D eigenvalue weighted by atomic mass is 16.6. The molecule has 0 N–H and O–H groups in total. The third kappa shape index (κ3) is 6.12. The Hall–Kier alpha value is -4.07. The van der Waals surface area contributed by atoms with Crippen molar-refractivity contribution in [3.8, 4) is 17.0 Å². The van der Waals surface area contributed by atoms with Crippen LogP contribution in [0.4, 0.5) is 10.6 Å². The summed E-state index contributed by atoms with van der Waals surface area (Å²) < 4.78 is 17.4. The molecule has 1 saturated heterocycles. The first-order chi connectivity index (χ1) is 21.1. The molecule has 8 nitrogen and oxygen atoms in total. The van der Waals surface area contributed by atoms with Crippen LogP contribution in [0.3, 0.4) is 0 Å². The Morgan fingerprint density at radius 3 is 2.66 bits per heavy atom. The summed E-state index contributed by atoms with van der Waals surface area (Å²) >= 11 is 0. The van der Waals surface area contributed by atoms with E-state index in [9.17, 15) is 9.59 Å². The second-order valence-corrected chi connectivity index (χ2v) is 13.3. The van der Waals surface area contributed by atoms with Crippen molar-refractivity contribution in [1.82, 2.24) is 9.88 Å². The molecule has 3 aliphatic rings. The Kier molecular flexibility index (Phi) is 8.03. The van der Waals surface area contributed by atoms with Crippen LogP contribution in [0.2, 0.25) is 0 Å². The summed E-state index contributed by atoms with van der Waals surface area (Å²) in [6.07, 6.45) is 2.24. The first-order valence-electron chi connectivity index (χ1n) is 15.8. The van der Waals surface area contributed by atoms with E-state index in [1.54, 1.807) is 4.90 Å². The molecule has 0 bridgehead atoms. The van der Waals surface area contributed by atoms with E-state index < -0.39 is 5.60 Å². The van der Waals surface area contributed by atoms with Gasteiger partial charge in [-0.25, -0.2) is 9.78 Å². The van der Waals surface area contributed by atoms with Gasteiger partial charge in [-0.15, -0.1) is 0 Å². The van der Waals surface area contributed by atoms with Crippen molar-refractivity contribution in [3.05, 3.63) is 76.9 Å². The standard InChI is InChI=1S/C36H43N3O5/c1-6-42-33(40)36-15-17-38(21-27(36)20-36)32-13-9-11-30(37-32)28-10-7-8-12-31(28)43-23-25-18-24(2)29-22-39(16-14-26(29)19-25)34(41)44-35(3,4)5/h7-13,18-19,27H,6,14-17,20-23H2,1-5H3/t27-,36+/m0/s1. The SMILES string of the molecule is CCOC(=O)[C@@]12CCN(c3cccc(-c4ccccc4OCc4cc(C)c5c(c4)CCN(C(=O)OC(C)(C)C)C5)n3)C[C@@H]1C2. The fourth-order valence-electron chi connectivity index (χ4n) is 6.68. The third-order valence-corrected chi connectivity index (χ3v) is 9.08. The fourth-order valence-corrected chi connectivity index (χ4v) is 6.68. The first-order valence-corrected chi connectivity index (χ1v) is 15.8. The van der Waals surface area contributed by atoms with Gasteiger partial charge in [0.05, 0.1) is 17.7 Å². The monoisotopic (exact) mass is 597 g/mol. The first kappa shape index (κ1) is 30.0. The number of hydrogen-bond donors (Lipinski definition) is 0. The molecule has 1 aliphatic carbocycles. The molecule has 1 saturated carbocycles. The Bertz CT molecular complexity index is 1560. The van der Waals surface area contributed by atoms with E-state index in [1.807, 2.05) is 70.2 Å². The molecule has 232 valence electrons. The lowest BCUT2D eigenvalue weighted by molar-refractivity contribution is -0.150. The molecular formula is C36H43N3O5. The maximum absolute atomic E-state index is 12.7. The van der Waals surface area contributed by atoms with Gasteiger partial charge < -0.3 is 24.0 Å². The molecule has 44 heavy (non-hydrogen) atoms. The number of esters is 1. The number of anilines is 1. The van der Waals surface area contributed by atoms with Crippen LogP contribution in [0.1, 0.15) is 62.8 Å². The van der Waals surface area contributed by atoms with E-state index in [4.69, 9.17) is 19.2 Å². The number of carbonyl (C=O) groups excluding carboxylic acids is 2. The largest absolute Gasteiger partial charge is 0.488 e. The van der Waals surface area contributed by atoms with E-state index in [-0.39, 0.29) is 17.5 Å². The van der Waals surface area contributed by atoms with Crippen molar-refractivity contribution in [1.29, 1.82) is 0 Å². The Morgan fingerprint density at radius 1 is 1.07 bits per heavy atom. The zero-order chi connectivity index (χ0) is 31.1. The van der Waals surface area contributed by atoms with Crippen LogP contribution in [-0.2, 0) is 33.8 Å². The summed E-state index contributed by atoms with van der Waals surface area (Å²) in [4.78, 5) is 34.3. The van der Waals surface area contributed by atoms with E-state index in [2.05, 4.69) is 24.0 Å². The molecule has 0 spiro atoms. The van der Waals surface area contributed by atoms with Crippen molar-refractivity contribution < 1.29 is 23.8 Å². The Morgan fingerprint density at radius 2 is 1.89 bits per heavy atom. The average Bonchev–Trinajstić information content (AvgIpc) is 3.75. The number of piperidine rings is 1. The van der Waals surface area contributed by atoms with Crippen LogP contribution in [0.5, 0.6) is 5.75 Å². The molecule has 2 atom stereocenters. The van der Waals surface area contributed by atoms with Crippen LogP contribution in [-0.4, -0.2) is 53.8 Å². The van der Waals surface area contributed by atoms with Gasteiger partial charge in [0.15, 0.2) is 0 Å². The zero-order valence-electron chi connectivity index (χ0n) is 26.5. The molecule has 3 aromatic rings. The highest BCUT2D eigenvalue weighted by Crippen LogP contribution is 2.59. The minimum Gasteiger partial charge on any atom is -0.488 e. The predicted molar refractivity (Wildman–Crippen MR) is 170 cm³/mol. The fraction of sp³-hybridized carbons (Fsp3) is 0.472. The predicted octanol–water partition coefficient (Wildman–Crippen LogP) is 6.71. The number of fused-ring (bicyclic) bond motifs is 2. The van der Waals surface area contributed by atoms with Gasteiger partial charge in [0.1, 0.15) is 23.8 Å². The molecule has 8 heteroatoms. The molecule has 0 unspecified atom stereocenters. The average molecular weight is 598 g/mol. The van der Waals surface area contributed by atoms with Crippen molar-refractivity contribution in [2.24, 2.45) is 11.3 Å². The quantitative estimate of drug-likeness (QED) is 0.280. The smallest absolute Gasteiger partial charge is 0.410 e. The second-order valence-electron chi connectivity index (χ2n) is 13.3. The number of nitrogens with zero attached hydrogens (tertiary/aromatic N) is 3. The van der Waals surface area contributed by atoms with Crippen LogP contribution < -0.4 is 9.64 Å². The molecule has 0 radical (unpaired) electrons. The van der Waals surface area contributed by atoms with Crippen LogP contribution in [0, 0.1) is 18.3 Å². The maximum Gasteiger partial charge on any atom is 0.410 e. The lowest BCUT2D eigenvalue weighted by Gasteiger charge is -2.32. The van der Waals surface area contributed by atoms with Crippen LogP contribution in [0.25, 0.3) is 11.3 Å². The summed E-state index contributed by atoms with van der Waals surface area (Å²) in [5.74, 6) is 2.00. The molecule has 2 aromatic carbocycles. The molecule has 1 aromatic heterocycles. The molecule has 1 amide bonds. The van der Waals surface area contributed by atoms with Crippen LogP contribution >= 0.6 is 0 Å². The topological polar surface area (TPSA) is 81.2 Å². The maximum atomic E-state index is 12.7. The second kappa shape index (κ2) is 11.8. The van der Waals surface area contributed by atoms with Crippen molar-refractivity contribution >= 4 is 17.9 Å². The number of carbonyl (C=O) groups is 2. The summed E-state index contributed by atoms with van der Waals surface area (Å²) in [5.41, 5.74) is 5.72. The van der Waals surface area contributed by atoms with E-state index in [1.165, 1.54) is 11.1 Å². The molecule has 2 fully saturated rings.